The van der Waals surface area contributed by atoms with Gasteiger partial charge in [-0.2, -0.15) is 0 Å². The molecule has 2 rings (SSSR count). The molecule has 15 heavy (non-hydrogen) atoms. The van der Waals surface area contributed by atoms with Crippen LogP contribution in [-0.2, 0) is 11.2 Å². The molecule has 0 radical (unpaired) electrons. The molecule has 1 aromatic heterocycles. The van der Waals surface area contributed by atoms with Crippen LogP contribution in [-0.4, -0.2) is 29.7 Å². The van der Waals surface area contributed by atoms with Crippen LogP contribution in [0.1, 0.15) is 30.1 Å². The van der Waals surface area contributed by atoms with Gasteiger partial charge in [0.15, 0.2) is 0 Å². The Morgan fingerprint density at radius 1 is 1.27 bits per heavy atom. The molecule has 2 N–H and O–H groups in total. The summed E-state index contributed by atoms with van der Waals surface area (Å²) in [5.41, 5.74) is 6.59. The van der Waals surface area contributed by atoms with Gasteiger partial charge in [-0.05, 0) is 31.4 Å². The van der Waals surface area contributed by atoms with Gasteiger partial charge in [-0.1, -0.05) is 0 Å². The Labute approximate surface area is 89.9 Å². The van der Waals surface area contributed by atoms with Gasteiger partial charge in [0, 0.05) is 31.5 Å². The number of nitrogens with zero attached hydrogens (tertiary/aromatic N) is 2. The lowest BCUT2D eigenvalue weighted by Gasteiger charge is -2.20. The molecule has 1 fully saturated rings. The molecule has 0 bridgehead atoms. The molecule has 2 heterocycles. The molecule has 1 saturated heterocycles. The van der Waals surface area contributed by atoms with Gasteiger partial charge in [-0.15, -0.1) is 0 Å². The van der Waals surface area contributed by atoms with Crippen LogP contribution in [0.15, 0.2) is 12.4 Å². The number of hydrogen-bond acceptors (Lipinski definition) is 4. The van der Waals surface area contributed by atoms with Crippen LogP contribution in [0.4, 0.5) is 0 Å². The van der Waals surface area contributed by atoms with Crippen LogP contribution in [0.5, 0.6) is 0 Å². The molecule has 0 spiro atoms. The molecule has 0 amide bonds. The van der Waals surface area contributed by atoms with Crippen molar-refractivity contribution in [1.29, 1.82) is 0 Å². The van der Waals surface area contributed by atoms with E-state index in [2.05, 4.69) is 9.97 Å². The van der Waals surface area contributed by atoms with Crippen molar-refractivity contribution >= 4 is 0 Å². The summed E-state index contributed by atoms with van der Waals surface area (Å²) < 4.78 is 5.31. The van der Waals surface area contributed by atoms with E-state index in [1.807, 2.05) is 12.4 Å². The van der Waals surface area contributed by atoms with E-state index in [1.54, 1.807) is 0 Å². The fourth-order valence-corrected chi connectivity index (χ4v) is 1.83. The summed E-state index contributed by atoms with van der Waals surface area (Å²) in [6, 6.07) is 0. The average Bonchev–Trinajstić information content (AvgIpc) is 2.32. The van der Waals surface area contributed by atoms with Gasteiger partial charge in [0.1, 0.15) is 5.82 Å². The maximum Gasteiger partial charge on any atom is 0.131 e. The predicted octanol–water partition coefficient (Wildman–Crippen LogP) is 0.872. The second kappa shape index (κ2) is 5.19. The monoisotopic (exact) mass is 207 g/mol. The molecule has 4 nitrogen and oxygen atoms in total. The largest absolute Gasteiger partial charge is 0.381 e. The fourth-order valence-electron chi connectivity index (χ4n) is 1.83. The number of nitrogens with two attached hydrogens (primary N) is 1. The van der Waals surface area contributed by atoms with Crippen molar-refractivity contribution in [3.05, 3.63) is 23.8 Å². The van der Waals surface area contributed by atoms with E-state index in [0.29, 0.717) is 12.5 Å². The van der Waals surface area contributed by atoms with E-state index in [0.717, 1.165) is 43.9 Å². The molecule has 1 aliphatic rings. The van der Waals surface area contributed by atoms with Crippen molar-refractivity contribution in [1.82, 2.24) is 9.97 Å². The fraction of sp³-hybridized carbons (Fsp3) is 0.636. The molecule has 0 saturated carbocycles. The Morgan fingerprint density at radius 2 is 1.93 bits per heavy atom. The molecular formula is C11H17N3O. The highest BCUT2D eigenvalue weighted by molar-refractivity contribution is 5.08. The minimum Gasteiger partial charge on any atom is -0.381 e. The Hall–Kier alpha value is -1.00. The second-order valence-corrected chi connectivity index (χ2v) is 3.87. The van der Waals surface area contributed by atoms with E-state index >= 15 is 0 Å². The van der Waals surface area contributed by atoms with Gasteiger partial charge >= 0.3 is 0 Å². The molecule has 1 aromatic rings. The lowest BCUT2D eigenvalue weighted by Crippen LogP contribution is -2.16. The van der Waals surface area contributed by atoms with Crippen LogP contribution in [0.25, 0.3) is 0 Å². The van der Waals surface area contributed by atoms with Crippen molar-refractivity contribution in [2.45, 2.75) is 25.2 Å². The smallest absolute Gasteiger partial charge is 0.131 e. The Morgan fingerprint density at radius 3 is 2.53 bits per heavy atom. The van der Waals surface area contributed by atoms with Crippen molar-refractivity contribution < 1.29 is 4.74 Å². The summed E-state index contributed by atoms with van der Waals surface area (Å²) in [5, 5.41) is 0. The molecule has 4 heteroatoms. The zero-order valence-electron chi connectivity index (χ0n) is 8.85. The predicted molar refractivity (Wildman–Crippen MR) is 57.6 cm³/mol. The van der Waals surface area contributed by atoms with Gasteiger partial charge in [-0.25, -0.2) is 9.97 Å². The zero-order valence-corrected chi connectivity index (χ0v) is 8.85. The van der Waals surface area contributed by atoms with Gasteiger partial charge in [0.05, 0.1) is 0 Å². The summed E-state index contributed by atoms with van der Waals surface area (Å²) in [6.07, 6.45) is 6.72. The third kappa shape index (κ3) is 2.73. The molecule has 0 aliphatic carbocycles. The molecule has 1 aliphatic heterocycles. The first-order valence-corrected chi connectivity index (χ1v) is 5.49. The van der Waals surface area contributed by atoms with Gasteiger partial charge < -0.3 is 10.5 Å². The van der Waals surface area contributed by atoms with Crippen molar-refractivity contribution in [3.8, 4) is 0 Å². The van der Waals surface area contributed by atoms with Gasteiger partial charge in [-0.3, -0.25) is 0 Å². The highest BCUT2D eigenvalue weighted by atomic mass is 16.5. The maximum atomic E-state index is 5.47. The lowest BCUT2D eigenvalue weighted by atomic mass is 9.99. The molecule has 0 unspecified atom stereocenters. The van der Waals surface area contributed by atoms with Crippen LogP contribution in [0, 0.1) is 0 Å². The van der Waals surface area contributed by atoms with Gasteiger partial charge in [0.2, 0.25) is 0 Å². The quantitative estimate of drug-likeness (QED) is 0.799. The minimum atomic E-state index is 0.477. The molecule has 82 valence electrons. The van der Waals surface area contributed by atoms with Crippen LogP contribution in [0.3, 0.4) is 0 Å². The number of aromatic nitrogens is 2. The number of ether oxygens (including phenoxy) is 1. The third-order valence-corrected chi connectivity index (χ3v) is 2.74. The molecular weight excluding hydrogens is 190 g/mol. The van der Waals surface area contributed by atoms with Crippen LogP contribution < -0.4 is 5.73 Å². The first kappa shape index (κ1) is 10.5. The summed E-state index contributed by atoms with van der Waals surface area (Å²) >= 11 is 0. The van der Waals surface area contributed by atoms with E-state index in [1.165, 1.54) is 0 Å². The molecule has 0 aromatic carbocycles. The highest BCUT2D eigenvalue weighted by Gasteiger charge is 2.17. The average molecular weight is 207 g/mol. The standard InChI is InChI=1S/C11H17N3O/c12-4-1-9-7-13-11(14-8-9)10-2-5-15-6-3-10/h7-8,10H,1-6,12H2. The minimum absolute atomic E-state index is 0.477. The highest BCUT2D eigenvalue weighted by Crippen LogP contribution is 2.23. The van der Waals surface area contributed by atoms with Crippen molar-refractivity contribution in [3.63, 3.8) is 0 Å². The Bertz CT molecular complexity index is 293. The lowest BCUT2D eigenvalue weighted by molar-refractivity contribution is 0.0835. The van der Waals surface area contributed by atoms with Crippen LogP contribution in [0.2, 0.25) is 0 Å². The first-order valence-electron chi connectivity index (χ1n) is 5.49. The Kier molecular flexibility index (Phi) is 3.64. The van der Waals surface area contributed by atoms with E-state index in [9.17, 15) is 0 Å². The third-order valence-electron chi connectivity index (χ3n) is 2.74. The van der Waals surface area contributed by atoms with E-state index in [-0.39, 0.29) is 0 Å². The summed E-state index contributed by atoms with van der Waals surface area (Å²) in [5.74, 6) is 1.43. The normalized spacial score (nSPS) is 17.9. The van der Waals surface area contributed by atoms with E-state index < -0.39 is 0 Å². The first-order chi connectivity index (χ1) is 7.40. The summed E-state index contributed by atoms with van der Waals surface area (Å²) in [7, 11) is 0. The van der Waals surface area contributed by atoms with Crippen molar-refractivity contribution in [2.75, 3.05) is 19.8 Å². The zero-order chi connectivity index (χ0) is 10.5. The molecule has 0 atom stereocenters. The SMILES string of the molecule is NCCc1cnc(C2CCOCC2)nc1. The van der Waals surface area contributed by atoms with Gasteiger partial charge in [0.25, 0.3) is 0 Å². The van der Waals surface area contributed by atoms with E-state index in [4.69, 9.17) is 10.5 Å². The topological polar surface area (TPSA) is 61.0 Å². The summed E-state index contributed by atoms with van der Waals surface area (Å²) in [4.78, 5) is 8.80. The number of hydrogen-bond donors (Lipinski definition) is 1. The summed E-state index contributed by atoms with van der Waals surface area (Å²) in [6.45, 7) is 2.32. The van der Waals surface area contributed by atoms with Crippen LogP contribution >= 0.6 is 0 Å². The van der Waals surface area contributed by atoms with Crippen molar-refractivity contribution in [2.24, 2.45) is 5.73 Å². The maximum absolute atomic E-state index is 5.47. The number of rotatable bonds is 3. The second-order valence-electron chi connectivity index (χ2n) is 3.87. The Balaban J connectivity index is 2.02.